The minimum absolute atomic E-state index is 0.141. The molecule has 0 fully saturated rings. The van der Waals surface area contributed by atoms with Gasteiger partial charge in [-0.25, -0.2) is 29.9 Å². The van der Waals surface area contributed by atoms with Crippen LogP contribution in [0.25, 0.3) is 129 Å². The quantitative estimate of drug-likeness (QED) is 0.110. The maximum absolute atomic E-state index is 10.8. The summed E-state index contributed by atoms with van der Waals surface area (Å²) < 4.78 is 2.30. The Bertz CT molecular complexity index is 6180. The monoisotopic (exact) mass is 1410 g/mol. The lowest BCUT2D eigenvalue weighted by molar-refractivity contribution is 0.590. The van der Waals surface area contributed by atoms with Crippen molar-refractivity contribution in [3.05, 3.63) is 350 Å². The lowest BCUT2D eigenvalue weighted by Crippen LogP contribution is -2.61. The van der Waals surface area contributed by atoms with E-state index in [1.807, 2.05) is 140 Å². The molecule has 0 unspecified atom stereocenters. The standard InChI is InChI=1S/C99H73BN10/c1-98(2,3)75-44-53-87-82(60-75)100-83-61-76(99(4,5)6)45-54-88(83)109(78-48-40-67(41-49-78)65-27-15-8-16-28-65)90-59-74(58-89(91(90)100)108(87)77-46-38-66(39-47-77)64-25-13-7-14-26-64)72-42-51-84-79(56-72)80-57-73(96-104-92(68-29-17-9-18-30-68)102-93(105-96)69-31-19-10-20-32-69)43-52-85(80)110(84)86-50-37-63(62-101)55-81(86)97-106-94(70-33-21-11-22-34-70)103-95(107-97)71-35-23-12-24-36-71/h7-61H,1-6H3. The lowest BCUT2D eigenvalue weighted by atomic mass is 9.33. The number of fused-ring (bicyclic) bond motifs is 7. The SMILES string of the molecule is CC(C)(C)c1ccc2c(c1)B1c3cc(C(C)(C)C)ccc3N(c3ccc(-c4ccccc4)cc3)c3cc(-c4ccc5c(c4)c4cc(-c6nc(-c7ccccc7)nc(-c7ccccc7)n6)ccc4n5-c4ccc(C#N)cc4-c4nc(-c5ccccc5)nc(-c5ccccc5)n4)cc(c31)N2c1ccc(-c2ccccc2)cc1. The fourth-order valence-electron chi connectivity index (χ4n) is 16.0. The van der Waals surface area contributed by atoms with Crippen molar-refractivity contribution in [1.82, 2.24) is 34.5 Å². The number of hydrogen-bond donors (Lipinski definition) is 0. The Morgan fingerprint density at radius 1 is 0.282 bits per heavy atom. The Kier molecular flexibility index (Phi) is 16.3. The highest BCUT2D eigenvalue weighted by Gasteiger charge is 2.45. The van der Waals surface area contributed by atoms with Crippen LogP contribution in [0.2, 0.25) is 0 Å². The Labute approximate surface area is 640 Å². The van der Waals surface area contributed by atoms with Gasteiger partial charge in [0.15, 0.2) is 34.9 Å². The van der Waals surface area contributed by atoms with Crippen LogP contribution in [0.3, 0.4) is 0 Å². The average Bonchev–Trinajstić information content (AvgIpc) is 0.759. The fourth-order valence-corrected chi connectivity index (χ4v) is 16.0. The number of nitrogens with zero attached hydrogens (tertiary/aromatic N) is 10. The zero-order valence-corrected chi connectivity index (χ0v) is 61.8. The average molecular weight is 1410 g/mol. The van der Waals surface area contributed by atoms with Crippen LogP contribution in [0.15, 0.2) is 334 Å². The molecular weight excluding hydrogens is 1340 g/mol. The van der Waals surface area contributed by atoms with E-state index in [2.05, 4.69) is 256 Å². The first-order valence-electron chi connectivity index (χ1n) is 37.5. The van der Waals surface area contributed by atoms with Crippen LogP contribution in [0.4, 0.5) is 34.1 Å². The third kappa shape index (κ3) is 12.0. The molecule has 2 aliphatic heterocycles. The molecule has 0 radical (unpaired) electrons. The van der Waals surface area contributed by atoms with Gasteiger partial charge in [-0.05, 0) is 169 Å². The molecule has 0 amide bonds. The van der Waals surface area contributed by atoms with Gasteiger partial charge in [-0.2, -0.15) is 5.26 Å². The van der Waals surface area contributed by atoms with Gasteiger partial charge in [-0.1, -0.05) is 278 Å². The summed E-state index contributed by atoms with van der Waals surface area (Å²) in [5.74, 6) is 3.12. The highest BCUT2D eigenvalue weighted by Crippen LogP contribution is 2.49. The molecule has 110 heavy (non-hydrogen) atoms. The van der Waals surface area contributed by atoms with Crippen LogP contribution in [-0.2, 0) is 10.8 Å². The smallest absolute Gasteiger partial charge is 0.252 e. The van der Waals surface area contributed by atoms with Gasteiger partial charge < -0.3 is 14.4 Å². The number of benzene rings is 14. The van der Waals surface area contributed by atoms with E-state index in [-0.39, 0.29) is 17.5 Å². The molecule has 0 saturated heterocycles. The van der Waals surface area contributed by atoms with Gasteiger partial charge in [-0.3, -0.25) is 0 Å². The maximum atomic E-state index is 10.8. The van der Waals surface area contributed by atoms with Gasteiger partial charge >= 0.3 is 0 Å². The first kappa shape index (κ1) is 66.7. The Morgan fingerprint density at radius 2 is 0.618 bits per heavy atom. The van der Waals surface area contributed by atoms with Crippen molar-refractivity contribution < 1.29 is 0 Å². The first-order valence-corrected chi connectivity index (χ1v) is 37.5. The summed E-state index contributed by atoms with van der Waals surface area (Å²) in [6, 6.07) is 121. The summed E-state index contributed by atoms with van der Waals surface area (Å²) in [7, 11) is 0. The van der Waals surface area contributed by atoms with Crippen molar-refractivity contribution in [2.75, 3.05) is 9.80 Å². The van der Waals surface area contributed by atoms with E-state index >= 15 is 0 Å². The number of nitriles is 1. The summed E-state index contributed by atoms with van der Waals surface area (Å²) in [4.78, 5) is 36.5. The largest absolute Gasteiger partial charge is 0.311 e. The van der Waals surface area contributed by atoms with Crippen molar-refractivity contribution in [2.45, 2.75) is 52.4 Å². The predicted molar refractivity (Wildman–Crippen MR) is 453 cm³/mol. The van der Waals surface area contributed by atoms with Gasteiger partial charge in [-0.15, -0.1) is 0 Å². The predicted octanol–water partition coefficient (Wildman–Crippen LogP) is 22.7. The van der Waals surface area contributed by atoms with E-state index in [0.717, 1.165) is 123 Å². The second kappa shape index (κ2) is 26.8. The molecule has 0 saturated carbocycles. The van der Waals surface area contributed by atoms with E-state index in [4.69, 9.17) is 29.9 Å². The summed E-state index contributed by atoms with van der Waals surface area (Å²) >= 11 is 0. The molecule has 3 aromatic heterocycles. The van der Waals surface area contributed by atoms with E-state index in [0.29, 0.717) is 46.1 Å². The summed E-state index contributed by atoms with van der Waals surface area (Å²) in [6.45, 7) is 13.8. The number of anilines is 6. The molecule has 10 nitrogen and oxygen atoms in total. The van der Waals surface area contributed by atoms with Crippen LogP contribution in [0.1, 0.15) is 58.2 Å². The van der Waals surface area contributed by atoms with Gasteiger partial charge in [0.25, 0.3) is 6.71 Å². The second-order valence-electron chi connectivity index (χ2n) is 30.6. The van der Waals surface area contributed by atoms with Gasteiger partial charge in [0.05, 0.1) is 28.4 Å². The molecule has 19 rings (SSSR count). The molecule has 2 aliphatic rings. The van der Waals surface area contributed by atoms with Crippen molar-refractivity contribution in [1.29, 1.82) is 5.26 Å². The summed E-state index contributed by atoms with van der Waals surface area (Å²) in [5, 5.41) is 12.8. The zero-order chi connectivity index (χ0) is 74.4. The minimum Gasteiger partial charge on any atom is -0.311 e. The summed E-state index contributed by atoms with van der Waals surface area (Å²) in [6.07, 6.45) is 0. The molecule has 0 N–H and O–H groups in total. The molecule has 0 spiro atoms. The molecule has 0 bridgehead atoms. The highest BCUT2D eigenvalue weighted by atomic mass is 15.2. The molecule has 14 aromatic carbocycles. The Balaban J connectivity index is 0.888. The van der Waals surface area contributed by atoms with Gasteiger partial charge in [0.1, 0.15) is 0 Å². The van der Waals surface area contributed by atoms with E-state index in [1.54, 1.807) is 0 Å². The van der Waals surface area contributed by atoms with E-state index in [1.165, 1.54) is 27.5 Å². The lowest BCUT2D eigenvalue weighted by Gasteiger charge is -2.45. The number of rotatable bonds is 12. The molecule has 0 atom stereocenters. The molecule has 522 valence electrons. The van der Waals surface area contributed by atoms with Gasteiger partial charge in [0, 0.05) is 78.3 Å². The molecule has 17 aromatic rings. The minimum atomic E-state index is -0.152. The van der Waals surface area contributed by atoms with Crippen LogP contribution in [0, 0.1) is 11.3 Å². The van der Waals surface area contributed by atoms with E-state index in [9.17, 15) is 5.26 Å². The molecule has 11 heteroatoms. The van der Waals surface area contributed by atoms with Crippen LogP contribution < -0.4 is 26.2 Å². The van der Waals surface area contributed by atoms with Gasteiger partial charge in [0.2, 0.25) is 0 Å². The van der Waals surface area contributed by atoms with Crippen LogP contribution in [-0.4, -0.2) is 41.2 Å². The second-order valence-corrected chi connectivity index (χ2v) is 30.6. The van der Waals surface area contributed by atoms with Crippen molar-refractivity contribution >= 4 is 79.0 Å². The van der Waals surface area contributed by atoms with Crippen molar-refractivity contribution in [3.63, 3.8) is 0 Å². The molecule has 5 heterocycles. The normalized spacial score (nSPS) is 12.4. The highest BCUT2D eigenvalue weighted by molar-refractivity contribution is 7.00. The van der Waals surface area contributed by atoms with Crippen molar-refractivity contribution in [3.8, 4) is 113 Å². The maximum Gasteiger partial charge on any atom is 0.252 e. The third-order valence-electron chi connectivity index (χ3n) is 21.6. The Hall–Kier alpha value is -13.9. The first-order chi connectivity index (χ1) is 53.7. The number of aromatic nitrogens is 7. The topological polar surface area (TPSA) is 113 Å². The number of hydrogen-bond acceptors (Lipinski definition) is 9. The van der Waals surface area contributed by atoms with Crippen LogP contribution in [0.5, 0.6) is 0 Å². The Morgan fingerprint density at radius 3 is 1.01 bits per heavy atom. The summed E-state index contributed by atoms with van der Waals surface area (Å²) in [5.41, 5.74) is 27.2. The molecular formula is C99H73BN10. The van der Waals surface area contributed by atoms with Crippen LogP contribution >= 0.6 is 0 Å². The van der Waals surface area contributed by atoms with E-state index < -0.39 is 0 Å². The zero-order valence-electron chi connectivity index (χ0n) is 61.8. The molecule has 0 aliphatic carbocycles. The van der Waals surface area contributed by atoms with Crippen molar-refractivity contribution in [2.24, 2.45) is 0 Å². The fraction of sp³-hybridized carbons (Fsp3) is 0.0808. The third-order valence-corrected chi connectivity index (χ3v) is 21.6.